The third-order valence-corrected chi connectivity index (χ3v) is 4.17. The largest absolute Gasteiger partial charge is 0.469 e. The molecule has 1 aliphatic rings. The van der Waals surface area contributed by atoms with E-state index in [0.29, 0.717) is 12.5 Å². The van der Waals surface area contributed by atoms with Crippen LogP contribution < -0.4 is 5.32 Å². The maximum Gasteiger partial charge on any atom is 0.243 e. The van der Waals surface area contributed by atoms with E-state index >= 15 is 0 Å². The first kappa shape index (κ1) is 18.3. The summed E-state index contributed by atoms with van der Waals surface area (Å²) in [5, 5.41) is 3.38. The van der Waals surface area contributed by atoms with Gasteiger partial charge in [0.2, 0.25) is 5.91 Å². The van der Waals surface area contributed by atoms with Crippen LogP contribution in [0.1, 0.15) is 17.7 Å². The summed E-state index contributed by atoms with van der Waals surface area (Å²) in [6, 6.07) is 1.96. The molecule has 0 radical (unpaired) electrons. The Morgan fingerprint density at radius 2 is 2.21 bits per heavy atom. The number of amides is 1. The Balaban J connectivity index is 2.00. The Morgan fingerprint density at radius 3 is 2.79 bits per heavy atom. The number of nitrogens with zero attached hydrogens (tertiary/aromatic N) is 3. The molecule has 1 saturated heterocycles. The molecule has 0 spiro atoms. The van der Waals surface area contributed by atoms with Gasteiger partial charge in [0.15, 0.2) is 5.96 Å². The van der Waals surface area contributed by atoms with Crippen LogP contribution in [0.15, 0.2) is 21.7 Å². The van der Waals surface area contributed by atoms with Gasteiger partial charge in [-0.05, 0) is 19.4 Å². The highest BCUT2D eigenvalue weighted by Gasteiger charge is 2.18. The summed E-state index contributed by atoms with van der Waals surface area (Å²) in [6.07, 6.45) is 2.75. The van der Waals surface area contributed by atoms with Gasteiger partial charge in [-0.25, -0.2) is 4.99 Å². The molecule has 1 aliphatic heterocycles. The number of rotatable bonds is 6. The van der Waals surface area contributed by atoms with Crippen LogP contribution in [0.25, 0.3) is 0 Å². The lowest BCUT2D eigenvalue weighted by Gasteiger charge is -2.23. The van der Waals surface area contributed by atoms with Crippen molar-refractivity contribution in [2.24, 2.45) is 10.9 Å². The van der Waals surface area contributed by atoms with Crippen LogP contribution in [0.3, 0.4) is 0 Å². The van der Waals surface area contributed by atoms with Gasteiger partial charge < -0.3 is 24.3 Å². The SMILES string of the molecule is Cc1occc1CN(C)C(=NCC(=O)N(C)C)NCC1CCOC1. The van der Waals surface area contributed by atoms with Crippen LogP contribution in [0, 0.1) is 12.8 Å². The van der Waals surface area contributed by atoms with Gasteiger partial charge in [0.25, 0.3) is 0 Å². The standard InChI is InChI=1S/C17H28N4O3/c1-13-15(6-8-24-13)11-21(4)17(19-10-16(22)20(2)3)18-9-14-5-7-23-12-14/h6,8,14H,5,7,9-12H2,1-4H3,(H,18,19). The highest BCUT2D eigenvalue weighted by molar-refractivity contribution is 5.84. The molecule has 2 rings (SSSR count). The molecule has 1 unspecified atom stereocenters. The van der Waals surface area contributed by atoms with E-state index in [2.05, 4.69) is 10.3 Å². The smallest absolute Gasteiger partial charge is 0.243 e. The number of furan rings is 1. The van der Waals surface area contributed by atoms with Gasteiger partial charge in [0, 0.05) is 52.3 Å². The summed E-state index contributed by atoms with van der Waals surface area (Å²) in [5.41, 5.74) is 1.11. The fourth-order valence-electron chi connectivity index (χ4n) is 2.48. The van der Waals surface area contributed by atoms with E-state index in [0.717, 1.165) is 43.5 Å². The van der Waals surface area contributed by atoms with E-state index in [9.17, 15) is 4.79 Å². The number of aryl methyl sites for hydroxylation is 1. The van der Waals surface area contributed by atoms with Crippen molar-refractivity contribution in [3.8, 4) is 0 Å². The van der Waals surface area contributed by atoms with E-state index in [-0.39, 0.29) is 12.5 Å². The molecule has 1 atom stereocenters. The number of hydrogen-bond acceptors (Lipinski definition) is 4. The molecule has 0 aromatic carbocycles. The topological polar surface area (TPSA) is 70.3 Å². The first-order chi connectivity index (χ1) is 11.5. The average molecular weight is 336 g/mol. The molecular weight excluding hydrogens is 308 g/mol. The monoisotopic (exact) mass is 336 g/mol. The molecule has 134 valence electrons. The molecule has 1 N–H and O–H groups in total. The summed E-state index contributed by atoms with van der Waals surface area (Å²) in [5.74, 6) is 2.09. The second-order valence-corrected chi connectivity index (χ2v) is 6.40. The maximum absolute atomic E-state index is 11.8. The highest BCUT2D eigenvalue weighted by Crippen LogP contribution is 2.13. The van der Waals surface area contributed by atoms with Gasteiger partial charge in [0.1, 0.15) is 12.3 Å². The zero-order chi connectivity index (χ0) is 17.5. The van der Waals surface area contributed by atoms with Crippen molar-refractivity contribution in [1.29, 1.82) is 0 Å². The van der Waals surface area contributed by atoms with Gasteiger partial charge in [-0.2, -0.15) is 0 Å². The number of aliphatic imine (C=N–C) groups is 1. The molecule has 24 heavy (non-hydrogen) atoms. The Kier molecular flexibility index (Phi) is 6.66. The number of ether oxygens (including phenoxy) is 1. The van der Waals surface area contributed by atoms with E-state index in [1.54, 1.807) is 25.3 Å². The lowest BCUT2D eigenvalue weighted by Crippen LogP contribution is -2.41. The summed E-state index contributed by atoms with van der Waals surface area (Å²) in [6.45, 7) is 5.14. The summed E-state index contributed by atoms with van der Waals surface area (Å²) >= 11 is 0. The molecule has 1 aromatic heterocycles. The molecule has 7 heteroatoms. The van der Waals surface area contributed by atoms with Gasteiger partial charge >= 0.3 is 0 Å². The van der Waals surface area contributed by atoms with Crippen LogP contribution in [0.2, 0.25) is 0 Å². The zero-order valence-corrected chi connectivity index (χ0v) is 15.0. The van der Waals surface area contributed by atoms with Crippen LogP contribution in [-0.2, 0) is 16.1 Å². The fourth-order valence-corrected chi connectivity index (χ4v) is 2.48. The van der Waals surface area contributed by atoms with Gasteiger partial charge in [-0.1, -0.05) is 0 Å². The van der Waals surface area contributed by atoms with Crippen LogP contribution >= 0.6 is 0 Å². The van der Waals surface area contributed by atoms with Crippen molar-refractivity contribution in [2.45, 2.75) is 19.9 Å². The minimum atomic E-state index is -0.0219. The van der Waals surface area contributed by atoms with Crippen LogP contribution in [-0.4, -0.2) is 69.1 Å². The second-order valence-electron chi connectivity index (χ2n) is 6.40. The van der Waals surface area contributed by atoms with Crippen LogP contribution in [0.4, 0.5) is 0 Å². The number of likely N-dealkylation sites (N-methyl/N-ethyl adjacent to an activating group) is 1. The first-order valence-corrected chi connectivity index (χ1v) is 8.27. The highest BCUT2D eigenvalue weighted by atomic mass is 16.5. The number of hydrogen-bond donors (Lipinski definition) is 1. The molecule has 0 bridgehead atoms. The Morgan fingerprint density at radius 1 is 1.42 bits per heavy atom. The molecule has 1 fully saturated rings. The second kappa shape index (κ2) is 8.73. The van der Waals surface area contributed by atoms with E-state index in [4.69, 9.17) is 9.15 Å². The van der Waals surface area contributed by atoms with Gasteiger partial charge in [-0.15, -0.1) is 0 Å². The average Bonchev–Trinajstić information content (AvgIpc) is 3.19. The summed E-state index contributed by atoms with van der Waals surface area (Å²) in [4.78, 5) is 19.9. The minimum Gasteiger partial charge on any atom is -0.469 e. The maximum atomic E-state index is 11.8. The van der Waals surface area contributed by atoms with Gasteiger partial charge in [-0.3, -0.25) is 4.79 Å². The van der Waals surface area contributed by atoms with E-state index in [1.165, 1.54) is 0 Å². The van der Waals surface area contributed by atoms with E-state index in [1.807, 2.05) is 24.9 Å². The predicted octanol–water partition coefficient (Wildman–Crippen LogP) is 1.09. The quantitative estimate of drug-likeness (QED) is 0.622. The predicted molar refractivity (Wildman–Crippen MR) is 92.8 cm³/mol. The van der Waals surface area contributed by atoms with Crippen molar-refractivity contribution >= 4 is 11.9 Å². The number of carbonyl (C=O) groups excluding carboxylic acids is 1. The summed E-state index contributed by atoms with van der Waals surface area (Å²) < 4.78 is 10.8. The molecule has 2 heterocycles. The fraction of sp³-hybridized carbons (Fsp3) is 0.647. The first-order valence-electron chi connectivity index (χ1n) is 8.27. The van der Waals surface area contributed by atoms with Crippen LogP contribution in [0.5, 0.6) is 0 Å². The molecular formula is C17H28N4O3. The molecule has 0 saturated carbocycles. The normalized spacial score (nSPS) is 17.8. The minimum absolute atomic E-state index is 0.0219. The molecule has 0 aliphatic carbocycles. The molecule has 7 nitrogen and oxygen atoms in total. The number of carbonyl (C=O) groups is 1. The van der Waals surface area contributed by atoms with E-state index < -0.39 is 0 Å². The third-order valence-electron chi connectivity index (χ3n) is 4.17. The third kappa shape index (κ3) is 5.26. The van der Waals surface area contributed by atoms with Gasteiger partial charge in [0.05, 0.1) is 12.9 Å². The van der Waals surface area contributed by atoms with Crippen molar-refractivity contribution in [3.05, 3.63) is 23.7 Å². The number of guanidine groups is 1. The Hall–Kier alpha value is -2.02. The van der Waals surface area contributed by atoms with Crippen molar-refractivity contribution in [1.82, 2.24) is 15.1 Å². The van der Waals surface area contributed by atoms with Crippen molar-refractivity contribution in [2.75, 3.05) is 47.4 Å². The molecule has 1 amide bonds. The number of nitrogens with one attached hydrogen (secondary N) is 1. The lowest BCUT2D eigenvalue weighted by atomic mass is 10.1. The van der Waals surface area contributed by atoms with Crippen molar-refractivity contribution < 1.29 is 13.9 Å². The zero-order valence-electron chi connectivity index (χ0n) is 15.0. The van der Waals surface area contributed by atoms with Crippen molar-refractivity contribution in [3.63, 3.8) is 0 Å². The Bertz CT molecular complexity index is 562. The summed E-state index contributed by atoms with van der Waals surface area (Å²) in [7, 11) is 5.43. The lowest BCUT2D eigenvalue weighted by molar-refractivity contribution is -0.127. The molecule has 1 aromatic rings. The Labute approximate surface area is 143 Å².